The predicted octanol–water partition coefficient (Wildman–Crippen LogP) is 2.80. The molecule has 1 rings (SSSR count). The summed E-state index contributed by atoms with van der Waals surface area (Å²) < 4.78 is 13.0. The van der Waals surface area contributed by atoms with Crippen LogP contribution in [0.25, 0.3) is 0 Å². The van der Waals surface area contributed by atoms with Crippen LogP contribution in [0, 0.1) is 5.82 Å². The fourth-order valence-electron chi connectivity index (χ4n) is 1.54. The Morgan fingerprint density at radius 1 is 1.44 bits per heavy atom. The van der Waals surface area contributed by atoms with Gasteiger partial charge in [0, 0.05) is 16.6 Å². The molecule has 0 aliphatic carbocycles. The van der Waals surface area contributed by atoms with Gasteiger partial charge in [0.15, 0.2) is 0 Å². The molecule has 0 unspecified atom stereocenters. The quantitative estimate of drug-likeness (QED) is 0.617. The van der Waals surface area contributed by atoms with Crippen LogP contribution in [0.2, 0.25) is 0 Å². The minimum atomic E-state index is -0.341. The molecule has 0 aliphatic rings. The molecule has 0 aliphatic heterocycles. The summed E-state index contributed by atoms with van der Waals surface area (Å²) in [6.07, 6.45) is 1.82. The van der Waals surface area contributed by atoms with Crippen molar-refractivity contribution >= 4 is 23.4 Å². The van der Waals surface area contributed by atoms with Crippen LogP contribution in [0.15, 0.2) is 23.1 Å². The second-order valence-electron chi connectivity index (χ2n) is 4.05. The van der Waals surface area contributed by atoms with E-state index in [4.69, 9.17) is 5.73 Å². The summed E-state index contributed by atoms with van der Waals surface area (Å²) in [7, 11) is 0. The number of amides is 1. The van der Waals surface area contributed by atoms with Crippen molar-refractivity contribution in [1.29, 1.82) is 0 Å². The predicted molar refractivity (Wildman–Crippen MR) is 74.0 cm³/mol. The standard InChI is InChI=1S/C13H19FN2OS/c1-3-10(4-2)16-13(17)8-18-12-7-9(14)5-6-11(12)15/h5-7,10H,3-4,8,15H2,1-2H3,(H,16,17). The van der Waals surface area contributed by atoms with Crippen LogP contribution in [0.4, 0.5) is 10.1 Å². The zero-order chi connectivity index (χ0) is 13.5. The zero-order valence-electron chi connectivity index (χ0n) is 10.7. The van der Waals surface area contributed by atoms with Gasteiger partial charge in [0.2, 0.25) is 5.91 Å². The number of nitrogens with two attached hydrogens (primary N) is 1. The van der Waals surface area contributed by atoms with E-state index < -0.39 is 0 Å². The molecule has 0 bridgehead atoms. The van der Waals surface area contributed by atoms with Crippen molar-refractivity contribution in [3.8, 4) is 0 Å². The summed E-state index contributed by atoms with van der Waals surface area (Å²) in [6, 6.07) is 4.38. The molecule has 0 spiro atoms. The number of thioether (sulfide) groups is 1. The second-order valence-corrected chi connectivity index (χ2v) is 5.07. The van der Waals surface area contributed by atoms with Gasteiger partial charge in [0.05, 0.1) is 5.75 Å². The minimum Gasteiger partial charge on any atom is -0.398 e. The fourth-order valence-corrected chi connectivity index (χ4v) is 2.34. The molecule has 0 radical (unpaired) electrons. The van der Waals surface area contributed by atoms with Crippen molar-refractivity contribution in [3.63, 3.8) is 0 Å². The number of benzene rings is 1. The highest BCUT2D eigenvalue weighted by molar-refractivity contribution is 8.00. The maximum absolute atomic E-state index is 13.0. The molecule has 1 aromatic rings. The van der Waals surface area contributed by atoms with Crippen LogP contribution >= 0.6 is 11.8 Å². The smallest absolute Gasteiger partial charge is 0.230 e. The third kappa shape index (κ3) is 4.56. The van der Waals surface area contributed by atoms with Crippen LogP contribution in [0.3, 0.4) is 0 Å². The molecule has 5 heteroatoms. The summed E-state index contributed by atoms with van der Waals surface area (Å²) in [5, 5.41) is 2.93. The average Bonchev–Trinajstić information content (AvgIpc) is 2.37. The first-order valence-corrected chi connectivity index (χ1v) is 7.02. The first kappa shape index (κ1) is 14.8. The van der Waals surface area contributed by atoms with Crippen molar-refractivity contribution < 1.29 is 9.18 Å². The topological polar surface area (TPSA) is 55.1 Å². The van der Waals surface area contributed by atoms with Crippen LogP contribution in [-0.2, 0) is 4.79 Å². The molecular weight excluding hydrogens is 251 g/mol. The van der Waals surface area contributed by atoms with E-state index in [1.165, 1.54) is 30.0 Å². The Hall–Kier alpha value is -1.23. The molecular formula is C13H19FN2OS. The lowest BCUT2D eigenvalue weighted by atomic mass is 10.2. The molecule has 3 N–H and O–H groups in total. The second kappa shape index (κ2) is 7.26. The Morgan fingerprint density at radius 2 is 2.11 bits per heavy atom. The Kier molecular flexibility index (Phi) is 5.98. The van der Waals surface area contributed by atoms with Crippen molar-refractivity contribution in [1.82, 2.24) is 5.32 Å². The number of nitrogens with one attached hydrogen (secondary N) is 1. The molecule has 1 amide bonds. The molecule has 0 saturated carbocycles. The Bertz CT molecular complexity index is 408. The lowest BCUT2D eigenvalue weighted by Gasteiger charge is -2.14. The highest BCUT2D eigenvalue weighted by atomic mass is 32.2. The molecule has 18 heavy (non-hydrogen) atoms. The van der Waals surface area contributed by atoms with Crippen LogP contribution in [0.5, 0.6) is 0 Å². The Morgan fingerprint density at radius 3 is 2.72 bits per heavy atom. The van der Waals surface area contributed by atoms with Gasteiger partial charge in [-0.05, 0) is 31.0 Å². The van der Waals surface area contributed by atoms with E-state index >= 15 is 0 Å². The SMILES string of the molecule is CCC(CC)NC(=O)CSc1cc(F)ccc1N. The van der Waals surface area contributed by atoms with Gasteiger partial charge in [-0.1, -0.05) is 13.8 Å². The number of hydrogen-bond acceptors (Lipinski definition) is 3. The van der Waals surface area contributed by atoms with Gasteiger partial charge in [-0.15, -0.1) is 11.8 Å². The van der Waals surface area contributed by atoms with Crippen molar-refractivity contribution in [2.75, 3.05) is 11.5 Å². The average molecular weight is 270 g/mol. The van der Waals surface area contributed by atoms with E-state index in [9.17, 15) is 9.18 Å². The van der Waals surface area contributed by atoms with E-state index in [0.29, 0.717) is 10.6 Å². The highest BCUT2D eigenvalue weighted by Crippen LogP contribution is 2.25. The number of anilines is 1. The molecule has 0 atom stereocenters. The summed E-state index contributed by atoms with van der Waals surface area (Å²) in [5.74, 6) is -0.131. The molecule has 3 nitrogen and oxygen atoms in total. The molecule has 100 valence electrons. The van der Waals surface area contributed by atoms with Gasteiger partial charge in [0.25, 0.3) is 0 Å². The lowest BCUT2D eigenvalue weighted by molar-refractivity contribution is -0.119. The van der Waals surface area contributed by atoms with E-state index in [1.807, 2.05) is 13.8 Å². The number of nitrogen functional groups attached to an aromatic ring is 1. The maximum Gasteiger partial charge on any atom is 0.230 e. The number of rotatable bonds is 6. The monoisotopic (exact) mass is 270 g/mol. The molecule has 0 saturated heterocycles. The van der Waals surface area contributed by atoms with Gasteiger partial charge >= 0.3 is 0 Å². The van der Waals surface area contributed by atoms with Crippen LogP contribution < -0.4 is 11.1 Å². The Labute approximate surface area is 111 Å². The van der Waals surface area contributed by atoms with E-state index in [0.717, 1.165) is 12.8 Å². The number of carbonyl (C=O) groups is 1. The summed E-state index contributed by atoms with van der Waals surface area (Å²) in [6.45, 7) is 4.07. The minimum absolute atomic E-state index is 0.0441. The van der Waals surface area contributed by atoms with Crippen molar-refractivity contribution in [2.24, 2.45) is 0 Å². The van der Waals surface area contributed by atoms with Gasteiger partial charge in [-0.2, -0.15) is 0 Å². The Balaban J connectivity index is 2.49. The van der Waals surface area contributed by atoms with Crippen LogP contribution in [-0.4, -0.2) is 17.7 Å². The van der Waals surface area contributed by atoms with Crippen LogP contribution in [0.1, 0.15) is 26.7 Å². The maximum atomic E-state index is 13.0. The largest absolute Gasteiger partial charge is 0.398 e. The van der Waals surface area contributed by atoms with E-state index in [2.05, 4.69) is 5.32 Å². The van der Waals surface area contributed by atoms with Gasteiger partial charge in [0.1, 0.15) is 5.82 Å². The lowest BCUT2D eigenvalue weighted by Crippen LogP contribution is -2.35. The molecule has 0 fully saturated rings. The number of carbonyl (C=O) groups excluding carboxylic acids is 1. The third-order valence-corrected chi connectivity index (χ3v) is 3.76. The van der Waals surface area contributed by atoms with Gasteiger partial charge < -0.3 is 11.1 Å². The van der Waals surface area contributed by atoms with E-state index in [1.54, 1.807) is 0 Å². The number of hydrogen-bond donors (Lipinski definition) is 2. The van der Waals surface area contributed by atoms with E-state index in [-0.39, 0.29) is 23.5 Å². The van der Waals surface area contributed by atoms with Crippen molar-refractivity contribution in [2.45, 2.75) is 37.6 Å². The highest BCUT2D eigenvalue weighted by Gasteiger charge is 2.10. The van der Waals surface area contributed by atoms with Gasteiger partial charge in [-0.3, -0.25) is 4.79 Å². The first-order chi connectivity index (χ1) is 8.56. The van der Waals surface area contributed by atoms with Crippen molar-refractivity contribution in [3.05, 3.63) is 24.0 Å². The summed E-state index contributed by atoms with van der Waals surface area (Å²) in [5.41, 5.74) is 6.21. The number of halogens is 1. The normalized spacial score (nSPS) is 10.7. The summed E-state index contributed by atoms with van der Waals surface area (Å²) in [4.78, 5) is 12.3. The molecule has 0 heterocycles. The third-order valence-electron chi connectivity index (χ3n) is 2.69. The molecule has 1 aromatic carbocycles. The van der Waals surface area contributed by atoms with Gasteiger partial charge in [-0.25, -0.2) is 4.39 Å². The molecule has 0 aromatic heterocycles. The fraction of sp³-hybridized carbons (Fsp3) is 0.462. The zero-order valence-corrected chi connectivity index (χ0v) is 11.5. The first-order valence-electron chi connectivity index (χ1n) is 6.04. The summed E-state index contributed by atoms with van der Waals surface area (Å²) >= 11 is 1.26.